The van der Waals surface area contributed by atoms with Gasteiger partial charge in [-0.3, -0.25) is 0 Å². The zero-order valence-corrected chi connectivity index (χ0v) is 9.90. The lowest BCUT2D eigenvalue weighted by atomic mass is 10.1. The maximum atomic E-state index is 4.34. The molecular weight excluding hydrogens is 210 g/mol. The van der Waals surface area contributed by atoms with E-state index in [2.05, 4.69) is 52.8 Å². The highest BCUT2D eigenvalue weighted by Crippen LogP contribution is 2.34. The standard InChI is InChI=1S/C14H15N3/c1-2-7-15-13-9-11-8-10-5-3-4-6-12(10)14(11)17-16-13/h3-6,9H,2,7-8H2,1H3,(H,15,16). The van der Waals surface area contributed by atoms with E-state index in [1.165, 1.54) is 16.7 Å². The molecule has 0 spiro atoms. The Kier molecular flexibility index (Phi) is 2.52. The van der Waals surface area contributed by atoms with Gasteiger partial charge in [0.15, 0.2) is 0 Å². The van der Waals surface area contributed by atoms with Crippen LogP contribution in [0.2, 0.25) is 0 Å². The Morgan fingerprint density at radius 3 is 2.94 bits per heavy atom. The molecule has 1 aliphatic rings. The molecule has 0 unspecified atom stereocenters. The number of nitrogens with one attached hydrogen (secondary N) is 1. The lowest BCUT2D eigenvalue weighted by molar-refractivity contribution is 0.942. The average Bonchev–Trinajstić information content (AvgIpc) is 2.74. The lowest BCUT2D eigenvalue weighted by Gasteiger charge is -2.04. The summed E-state index contributed by atoms with van der Waals surface area (Å²) in [6.07, 6.45) is 2.07. The van der Waals surface area contributed by atoms with E-state index in [0.29, 0.717) is 0 Å². The Morgan fingerprint density at radius 2 is 2.06 bits per heavy atom. The van der Waals surface area contributed by atoms with Crippen molar-refractivity contribution >= 4 is 5.82 Å². The second-order valence-corrected chi connectivity index (χ2v) is 4.36. The normalized spacial score (nSPS) is 12.1. The monoisotopic (exact) mass is 225 g/mol. The molecule has 0 amide bonds. The van der Waals surface area contributed by atoms with Crippen LogP contribution in [-0.4, -0.2) is 16.7 Å². The second kappa shape index (κ2) is 4.17. The van der Waals surface area contributed by atoms with Crippen LogP contribution in [0.4, 0.5) is 5.82 Å². The summed E-state index contributed by atoms with van der Waals surface area (Å²) in [4.78, 5) is 0. The van der Waals surface area contributed by atoms with Crippen LogP contribution in [0.5, 0.6) is 0 Å². The summed E-state index contributed by atoms with van der Waals surface area (Å²) in [7, 11) is 0. The van der Waals surface area contributed by atoms with Crippen LogP contribution >= 0.6 is 0 Å². The van der Waals surface area contributed by atoms with Gasteiger partial charge in [0.1, 0.15) is 5.82 Å². The minimum Gasteiger partial charge on any atom is -0.369 e. The summed E-state index contributed by atoms with van der Waals surface area (Å²) in [6.45, 7) is 3.09. The largest absolute Gasteiger partial charge is 0.369 e. The molecule has 1 N–H and O–H groups in total. The second-order valence-electron chi connectivity index (χ2n) is 4.36. The molecule has 0 fully saturated rings. The van der Waals surface area contributed by atoms with Crippen molar-refractivity contribution in [2.24, 2.45) is 0 Å². The maximum Gasteiger partial charge on any atom is 0.148 e. The number of fused-ring (bicyclic) bond motifs is 3. The van der Waals surface area contributed by atoms with Gasteiger partial charge in [0.25, 0.3) is 0 Å². The molecule has 1 aromatic heterocycles. The number of hydrogen-bond donors (Lipinski definition) is 1. The van der Waals surface area contributed by atoms with Gasteiger partial charge < -0.3 is 5.32 Å². The SMILES string of the molecule is CCCNc1cc2c(nn1)-c1ccccc1C2. The Hall–Kier alpha value is -1.90. The Balaban J connectivity index is 1.95. The minimum atomic E-state index is 0.887. The minimum absolute atomic E-state index is 0.887. The van der Waals surface area contributed by atoms with Gasteiger partial charge in [-0.05, 0) is 23.6 Å². The number of nitrogens with zero attached hydrogens (tertiary/aromatic N) is 2. The quantitative estimate of drug-likeness (QED) is 0.744. The maximum absolute atomic E-state index is 4.34. The van der Waals surface area contributed by atoms with E-state index >= 15 is 0 Å². The molecule has 2 aromatic rings. The van der Waals surface area contributed by atoms with Gasteiger partial charge in [-0.25, -0.2) is 0 Å². The van der Waals surface area contributed by atoms with Gasteiger partial charge in [0, 0.05) is 18.5 Å². The zero-order valence-electron chi connectivity index (χ0n) is 9.90. The Bertz CT molecular complexity index is 549. The van der Waals surface area contributed by atoms with E-state index in [9.17, 15) is 0 Å². The first-order chi connectivity index (χ1) is 8.38. The third-order valence-corrected chi connectivity index (χ3v) is 3.08. The summed E-state index contributed by atoms with van der Waals surface area (Å²) >= 11 is 0. The molecule has 17 heavy (non-hydrogen) atoms. The molecule has 86 valence electrons. The predicted octanol–water partition coefficient (Wildman–Crippen LogP) is 2.87. The molecule has 3 nitrogen and oxygen atoms in total. The van der Waals surface area contributed by atoms with Crippen LogP contribution in [0.3, 0.4) is 0 Å². The van der Waals surface area contributed by atoms with Gasteiger partial charge >= 0.3 is 0 Å². The van der Waals surface area contributed by atoms with Gasteiger partial charge in [-0.1, -0.05) is 31.2 Å². The summed E-state index contributed by atoms with van der Waals surface area (Å²) < 4.78 is 0. The molecule has 1 aliphatic carbocycles. The summed E-state index contributed by atoms with van der Waals surface area (Å²) in [6, 6.07) is 10.5. The van der Waals surface area contributed by atoms with Crippen molar-refractivity contribution in [2.75, 3.05) is 11.9 Å². The number of anilines is 1. The van der Waals surface area contributed by atoms with Gasteiger partial charge in [-0.15, -0.1) is 10.2 Å². The van der Waals surface area contributed by atoms with Crippen LogP contribution in [0.25, 0.3) is 11.3 Å². The predicted molar refractivity (Wildman–Crippen MR) is 69.1 cm³/mol. The first-order valence-corrected chi connectivity index (χ1v) is 6.07. The molecule has 0 aliphatic heterocycles. The van der Waals surface area contributed by atoms with E-state index in [-0.39, 0.29) is 0 Å². The summed E-state index contributed by atoms with van der Waals surface area (Å²) in [5.74, 6) is 0.887. The third kappa shape index (κ3) is 1.78. The molecule has 3 rings (SSSR count). The fourth-order valence-electron chi connectivity index (χ4n) is 2.24. The molecule has 0 saturated heterocycles. The van der Waals surface area contributed by atoms with Crippen LogP contribution in [-0.2, 0) is 6.42 Å². The van der Waals surface area contributed by atoms with Crippen molar-refractivity contribution in [1.29, 1.82) is 0 Å². The first kappa shape index (κ1) is 10.3. The molecule has 1 heterocycles. The molecule has 3 heteroatoms. The Labute approximate surface area is 101 Å². The molecular formula is C14H15N3. The average molecular weight is 225 g/mol. The fraction of sp³-hybridized carbons (Fsp3) is 0.286. The van der Waals surface area contributed by atoms with Crippen LogP contribution in [0.15, 0.2) is 30.3 Å². The van der Waals surface area contributed by atoms with Crippen molar-refractivity contribution < 1.29 is 0 Å². The van der Waals surface area contributed by atoms with Crippen LogP contribution in [0.1, 0.15) is 24.5 Å². The van der Waals surface area contributed by atoms with E-state index in [1.807, 2.05) is 0 Å². The van der Waals surface area contributed by atoms with Gasteiger partial charge in [-0.2, -0.15) is 0 Å². The van der Waals surface area contributed by atoms with Gasteiger partial charge in [0.2, 0.25) is 0 Å². The molecule has 0 atom stereocenters. The molecule has 0 saturated carbocycles. The van der Waals surface area contributed by atoms with Crippen LogP contribution in [0, 0.1) is 0 Å². The van der Waals surface area contributed by atoms with E-state index < -0.39 is 0 Å². The van der Waals surface area contributed by atoms with E-state index in [1.54, 1.807) is 0 Å². The summed E-state index contributed by atoms with van der Waals surface area (Å²) in [5.41, 5.74) is 4.91. The Morgan fingerprint density at radius 1 is 1.18 bits per heavy atom. The third-order valence-electron chi connectivity index (χ3n) is 3.08. The first-order valence-electron chi connectivity index (χ1n) is 6.07. The highest BCUT2D eigenvalue weighted by molar-refractivity contribution is 5.73. The van der Waals surface area contributed by atoms with Crippen LogP contribution < -0.4 is 5.32 Å². The van der Waals surface area contributed by atoms with Crippen molar-refractivity contribution in [2.45, 2.75) is 19.8 Å². The smallest absolute Gasteiger partial charge is 0.148 e. The van der Waals surface area contributed by atoms with E-state index in [0.717, 1.165) is 30.9 Å². The zero-order chi connectivity index (χ0) is 11.7. The van der Waals surface area contributed by atoms with Crippen molar-refractivity contribution in [3.8, 4) is 11.3 Å². The van der Waals surface area contributed by atoms with Crippen molar-refractivity contribution in [3.05, 3.63) is 41.5 Å². The highest BCUT2D eigenvalue weighted by Gasteiger charge is 2.19. The topological polar surface area (TPSA) is 37.8 Å². The van der Waals surface area contributed by atoms with Gasteiger partial charge in [0.05, 0.1) is 5.69 Å². The van der Waals surface area contributed by atoms with Crippen molar-refractivity contribution in [3.63, 3.8) is 0 Å². The number of rotatable bonds is 3. The fourth-order valence-corrected chi connectivity index (χ4v) is 2.24. The van der Waals surface area contributed by atoms with Crippen molar-refractivity contribution in [1.82, 2.24) is 10.2 Å². The molecule has 0 bridgehead atoms. The lowest BCUT2D eigenvalue weighted by Crippen LogP contribution is -2.03. The number of hydrogen-bond acceptors (Lipinski definition) is 3. The van der Waals surface area contributed by atoms with E-state index in [4.69, 9.17) is 0 Å². The number of benzene rings is 1. The number of aromatic nitrogens is 2. The highest BCUT2D eigenvalue weighted by atomic mass is 15.2. The summed E-state index contributed by atoms with van der Waals surface area (Å²) in [5, 5.41) is 11.8. The molecule has 0 radical (unpaired) electrons. The molecule has 1 aromatic carbocycles.